The Bertz CT molecular complexity index is 407. The number of halogens is 1. The average Bonchev–Trinajstić information content (AvgIpc) is 2.36. The molecule has 106 valence electrons. The van der Waals surface area contributed by atoms with Gasteiger partial charge in [-0.2, -0.15) is 0 Å². The summed E-state index contributed by atoms with van der Waals surface area (Å²) in [5, 5.41) is 8.97. The molecule has 1 aromatic carbocycles. The summed E-state index contributed by atoms with van der Waals surface area (Å²) in [5.41, 5.74) is 7.29. The van der Waals surface area contributed by atoms with E-state index in [-0.39, 0.29) is 12.4 Å². The molecule has 0 unspecified atom stereocenters. The third kappa shape index (κ3) is 3.75. The lowest BCUT2D eigenvalue weighted by atomic mass is 9.91. The number of benzene rings is 1. The highest BCUT2D eigenvalue weighted by Gasteiger charge is 2.25. The van der Waals surface area contributed by atoms with E-state index in [0.717, 1.165) is 18.5 Å². The lowest BCUT2D eigenvalue weighted by molar-refractivity contribution is 0.108. The van der Waals surface area contributed by atoms with Crippen molar-refractivity contribution in [2.24, 2.45) is 5.73 Å². The molecule has 0 spiro atoms. The SMILES string of the molecule is NCc1ccc(F)c(CN(CCCO)C2CCC2)c1. The quantitative estimate of drug-likeness (QED) is 0.794. The minimum absolute atomic E-state index is 0.162. The van der Waals surface area contributed by atoms with Gasteiger partial charge >= 0.3 is 0 Å². The maximum Gasteiger partial charge on any atom is 0.127 e. The van der Waals surface area contributed by atoms with Crippen LogP contribution in [-0.2, 0) is 13.1 Å². The van der Waals surface area contributed by atoms with Crippen LogP contribution in [0.15, 0.2) is 18.2 Å². The first kappa shape index (κ1) is 14.4. The number of aliphatic hydroxyl groups is 1. The Morgan fingerprint density at radius 3 is 2.74 bits per heavy atom. The lowest BCUT2D eigenvalue weighted by Crippen LogP contribution is -2.40. The van der Waals surface area contributed by atoms with Gasteiger partial charge in [0.2, 0.25) is 0 Å². The first-order valence-corrected chi connectivity index (χ1v) is 7.07. The van der Waals surface area contributed by atoms with Crippen LogP contribution >= 0.6 is 0 Å². The van der Waals surface area contributed by atoms with Crippen molar-refractivity contribution in [1.82, 2.24) is 4.90 Å². The van der Waals surface area contributed by atoms with Crippen LogP contribution in [0.4, 0.5) is 4.39 Å². The van der Waals surface area contributed by atoms with Gasteiger partial charge in [0.25, 0.3) is 0 Å². The van der Waals surface area contributed by atoms with Crippen LogP contribution in [-0.4, -0.2) is 29.2 Å². The van der Waals surface area contributed by atoms with E-state index in [1.807, 2.05) is 6.07 Å². The number of aliphatic hydroxyl groups excluding tert-OH is 1. The summed E-state index contributed by atoms with van der Waals surface area (Å²) in [6.45, 7) is 2.07. The monoisotopic (exact) mass is 266 g/mol. The van der Waals surface area contributed by atoms with Crippen molar-refractivity contribution in [3.05, 3.63) is 35.1 Å². The van der Waals surface area contributed by atoms with Crippen molar-refractivity contribution < 1.29 is 9.50 Å². The topological polar surface area (TPSA) is 49.5 Å². The summed E-state index contributed by atoms with van der Waals surface area (Å²) < 4.78 is 13.9. The molecule has 0 amide bonds. The maximum absolute atomic E-state index is 13.9. The molecule has 2 rings (SSSR count). The largest absolute Gasteiger partial charge is 0.396 e. The fourth-order valence-corrected chi connectivity index (χ4v) is 2.51. The molecule has 1 aromatic rings. The zero-order valence-electron chi connectivity index (χ0n) is 11.3. The third-order valence-electron chi connectivity index (χ3n) is 3.91. The molecule has 0 saturated heterocycles. The molecule has 3 nitrogen and oxygen atoms in total. The molecule has 19 heavy (non-hydrogen) atoms. The van der Waals surface area contributed by atoms with Gasteiger partial charge in [-0.05, 0) is 30.9 Å². The van der Waals surface area contributed by atoms with Crippen molar-refractivity contribution >= 4 is 0 Å². The van der Waals surface area contributed by atoms with Crippen molar-refractivity contribution in [3.8, 4) is 0 Å². The zero-order chi connectivity index (χ0) is 13.7. The smallest absolute Gasteiger partial charge is 0.127 e. The molecule has 1 aliphatic carbocycles. The molecule has 1 saturated carbocycles. The molecule has 1 aliphatic rings. The van der Waals surface area contributed by atoms with Crippen LogP contribution in [0.2, 0.25) is 0 Å². The van der Waals surface area contributed by atoms with Crippen LogP contribution in [0.25, 0.3) is 0 Å². The van der Waals surface area contributed by atoms with Crippen LogP contribution in [0, 0.1) is 5.82 Å². The summed E-state index contributed by atoms with van der Waals surface area (Å²) in [6, 6.07) is 5.65. The average molecular weight is 266 g/mol. The number of nitrogens with zero attached hydrogens (tertiary/aromatic N) is 1. The highest BCUT2D eigenvalue weighted by Crippen LogP contribution is 2.27. The zero-order valence-corrected chi connectivity index (χ0v) is 11.3. The van der Waals surface area contributed by atoms with Gasteiger partial charge in [-0.15, -0.1) is 0 Å². The van der Waals surface area contributed by atoms with Crippen LogP contribution in [0.5, 0.6) is 0 Å². The molecular weight excluding hydrogens is 243 g/mol. The van der Waals surface area contributed by atoms with Gasteiger partial charge in [0.1, 0.15) is 5.82 Å². The fraction of sp³-hybridized carbons (Fsp3) is 0.600. The van der Waals surface area contributed by atoms with Crippen molar-refractivity contribution in [2.75, 3.05) is 13.2 Å². The van der Waals surface area contributed by atoms with E-state index in [1.165, 1.54) is 25.3 Å². The Morgan fingerprint density at radius 1 is 1.37 bits per heavy atom. The van der Waals surface area contributed by atoms with Gasteiger partial charge < -0.3 is 10.8 Å². The fourth-order valence-electron chi connectivity index (χ4n) is 2.51. The highest BCUT2D eigenvalue weighted by molar-refractivity contribution is 5.25. The second-order valence-corrected chi connectivity index (χ2v) is 5.26. The standard InChI is InChI=1S/C15H23FN2O/c16-15-6-5-12(10-17)9-13(15)11-18(7-2-8-19)14-3-1-4-14/h5-6,9,14,19H,1-4,7-8,10-11,17H2. The normalized spacial score (nSPS) is 15.8. The first-order valence-electron chi connectivity index (χ1n) is 7.07. The maximum atomic E-state index is 13.9. The minimum Gasteiger partial charge on any atom is -0.396 e. The first-order chi connectivity index (χ1) is 9.24. The second kappa shape index (κ2) is 6.98. The molecule has 0 radical (unpaired) electrons. The van der Waals surface area contributed by atoms with Crippen molar-refractivity contribution in [2.45, 2.75) is 44.8 Å². The summed E-state index contributed by atoms with van der Waals surface area (Å²) in [6.07, 6.45) is 4.37. The second-order valence-electron chi connectivity index (χ2n) is 5.26. The number of hydrogen-bond donors (Lipinski definition) is 2. The Labute approximate surface area is 114 Å². The minimum atomic E-state index is -0.162. The highest BCUT2D eigenvalue weighted by atomic mass is 19.1. The summed E-state index contributed by atoms with van der Waals surface area (Å²) in [5.74, 6) is -0.162. The number of hydrogen-bond acceptors (Lipinski definition) is 3. The lowest BCUT2D eigenvalue weighted by Gasteiger charge is -2.37. The van der Waals surface area contributed by atoms with E-state index in [2.05, 4.69) is 4.90 Å². The van der Waals surface area contributed by atoms with Crippen LogP contribution in [0.1, 0.15) is 36.8 Å². The van der Waals surface area contributed by atoms with E-state index < -0.39 is 0 Å². The summed E-state index contributed by atoms with van der Waals surface area (Å²) in [4.78, 5) is 2.29. The molecule has 4 heteroatoms. The van der Waals surface area contributed by atoms with E-state index in [1.54, 1.807) is 6.07 Å². The Morgan fingerprint density at radius 2 is 2.16 bits per heavy atom. The summed E-state index contributed by atoms with van der Waals surface area (Å²) >= 11 is 0. The predicted molar refractivity (Wildman–Crippen MR) is 74.0 cm³/mol. The molecular formula is C15H23FN2O. The van der Waals surface area contributed by atoms with E-state index in [4.69, 9.17) is 10.8 Å². The number of nitrogens with two attached hydrogens (primary N) is 1. The van der Waals surface area contributed by atoms with Gasteiger partial charge in [-0.3, -0.25) is 4.90 Å². The van der Waals surface area contributed by atoms with Gasteiger partial charge in [0.15, 0.2) is 0 Å². The molecule has 0 aromatic heterocycles. The molecule has 0 aliphatic heterocycles. The Hall–Kier alpha value is -0.970. The molecule has 0 heterocycles. The van der Waals surface area contributed by atoms with Gasteiger partial charge in [0.05, 0.1) is 0 Å². The van der Waals surface area contributed by atoms with E-state index in [0.29, 0.717) is 24.7 Å². The van der Waals surface area contributed by atoms with Crippen LogP contribution < -0.4 is 5.73 Å². The van der Waals surface area contributed by atoms with E-state index in [9.17, 15) is 4.39 Å². The third-order valence-corrected chi connectivity index (χ3v) is 3.91. The van der Waals surface area contributed by atoms with Gasteiger partial charge in [-0.25, -0.2) is 4.39 Å². The predicted octanol–water partition coefficient (Wildman–Crippen LogP) is 2.02. The molecule has 0 bridgehead atoms. The summed E-state index contributed by atoms with van der Waals surface area (Å²) in [7, 11) is 0. The van der Waals surface area contributed by atoms with E-state index >= 15 is 0 Å². The molecule has 3 N–H and O–H groups in total. The van der Waals surface area contributed by atoms with Crippen molar-refractivity contribution in [1.29, 1.82) is 0 Å². The van der Waals surface area contributed by atoms with Gasteiger partial charge in [0, 0.05) is 37.8 Å². The molecule has 1 fully saturated rings. The number of rotatable bonds is 7. The van der Waals surface area contributed by atoms with Gasteiger partial charge in [-0.1, -0.05) is 18.6 Å². The van der Waals surface area contributed by atoms with Crippen LogP contribution in [0.3, 0.4) is 0 Å². The Balaban J connectivity index is 2.06. The Kier molecular flexibility index (Phi) is 5.31. The van der Waals surface area contributed by atoms with Crippen molar-refractivity contribution in [3.63, 3.8) is 0 Å². The molecule has 0 atom stereocenters.